The van der Waals surface area contributed by atoms with Crippen molar-refractivity contribution in [2.24, 2.45) is 11.8 Å². The normalized spacial score (nSPS) is 50.7. The Hall–Kier alpha value is 0.350. The summed E-state index contributed by atoms with van der Waals surface area (Å²) < 4.78 is 0.668. The maximum Gasteiger partial charge on any atom is 0.0132 e. The lowest BCUT2D eigenvalue weighted by Gasteiger charge is -2.32. The number of hydrogen-bond acceptors (Lipinski definition) is 1. The molecule has 0 nitrogen and oxygen atoms in total. The van der Waals surface area contributed by atoms with Crippen LogP contribution in [0.5, 0.6) is 0 Å². The number of rotatable bonds is 0. The molecule has 0 N–H and O–H groups in total. The summed E-state index contributed by atoms with van der Waals surface area (Å²) in [5.74, 6) is 3.48. The third-order valence-electron chi connectivity index (χ3n) is 3.59. The summed E-state index contributed by atoms with van der Waals surface area (Å²) in [6, 6.07) is 0. The van der Waals surface area contributed by atoms with Crippen LogP contribution in [0.1, 0.15) is 39.5 Å². The largest absolute Gasteiger partial charge is 0.155 e. The van der Waals surface area contributed by atoms with Gasteiger partial charge < -0.3 is 0 Å². The molecule has 3 aliphatic rings. The van der Waals surface area contributed by atoms with E-state index in [1.54, 1.807) is 0 Å². The first-order chi connectivity index (χ1) is 5.20. The first-order valence-corrected chi connectivity index (χ1v) is 5.82. The van der Waals surface area contributed by atoms with Crippen molar-refractivity contribution in [3.63, 3.8) is 0 Å². The predicted octanol–water partition coefficient (Wildman–Crippen LogP) is 3.32. The molecule has 3 rings (SSSR count). The van der Waals surface area contributed by atoms with Crippen LogP contribution < -0.4 is 0 Å². The van der Waals surface area contributed by atoms with Gasteiger partial charge in [0.2, 0.25) is 0 Å². The first kappa shape index (κ1) is 7.97. The Balaban J connectivity index is 2.14. The van der Waals surface area contributed by atoms with E-state index in [0.717, 1.165) is 11.8 Å². The molecule has 1 atom stereocenters. The van der Waals surface area contributed by atoms with Gasteiger partial charge in [-0.3, -0.25) is 0 Å². The fourth-order valence-corrected chi connectivity index (χ4v) is 3.89. The lowest BCUT2D eigenvalue weighted by atomic mass is 9.77. The van der Waals surface area contributed by atoms with Crippen molar-refractivity contribution >= 4 is 11.8 Å². The number of hydrogen-bond donors (Lipinski definition) is 0. The van der Waals surface area contributed by atoms with E-state index in [0.29, 0.717) is 4.75 Å². The molecule has 0 aromatic carbocycles. The van der Waals surface area contributed by atoms with Crippen LogP contribution in [0.3, 0.4) is 0 Å². The highest BCUT2D eigenvalue weighted by Crippen LogP contribution is 2.48. The molecule has 3 fully saturated rings. The van der Waals surface area contributed by atoms with Gasteiger partial charge in [0.1, 0.15) is 0 Å². The second-order valence-corrected chi connectivity index (χ2v) is 6.18. The van der Waals surface area contributed by atoms with Gasteiger partial charge in [0, 0.05) is 4.75 Å². The Kier molecular flexibility index (Phi) is 1.95. The number of thioether (sulfide) groups is 1. The second-order valence-electron chi connectivity index (χ2n) is 4.58. The molecule has 1 heteroatoms. The smallest absolute Gasteiger partial charge is 0.0132 e. The van der Waals surface area contributed by atoms with Crippen molar-refractivity contribution in [3.05, 3.63) is 0 Å². The Morgan fingerprint density at radius 2 is 1.91 bits per heavy atom. The molecule has 0 aromatic heterocycles. The van der Waals surface area contributed by atoms with Gasteiger partial charge in [-0.1, -0.05) is 13.8 Å². The fraction of sp³-hybridized carbons (Fsp3) is 1.00. The van der Waals surface area contributed by atoms with E-state index in [9.17, 15) is 0 Å². The van der Waals surface area contributed by atoms with E-state index in [4.69, 9.17) is 0 Å². The standard InChI is InChI=1S/C10H18S/c1-8-7-11-10(2)5-3-9(8)4-6-10/h8-9H,3-7H2,1-2H3. The van der Waals surface area contributed by atoms with E-state index in [1.807, 2.05) is 0 Å². The Morgan fingerprint density at radius 3 is 2.55 bits per heavy atom. The summed E-state index contributed by atoms with van der Waals surface area (Å²) in [6.45, 7) is 4.90. The Morgan fingerprint density at radius 1 is 1.27 bits per heavy atom. The summed E-state index contributed by atoms with van der Waals surface area (Å²) in [5.41, 5.74) is 0. The van der Waals surface area contributed by atoms with Crippen LogP contribution in [0.25, 0.3) is 0 Å². The highest BCUT2D eigenvalue weighted by Gasteiger charge is 2.37. The van der Waals surface area contributed by atoms with Crippen LogP contribution in [0, 0.1) is 11.8 Å². The van der Waals surface area contributed by atoms with Gasteiger partial charge in [-0.15, -0.1) is 0 Å². The Labute approximate surface area is 74.1 Å². The van der Waals surface area contributed by atoms with E-state index < -0.39 is 0 Å². The molecule has 2 bridgehead atoms. The summed E-state index contributed by atoms with van der Waals surface area (Å²) in [4.78, 5) is 0. The summed E-state index contributed by atoms with van der Waals surface area (Å²) in [5, 5.41) is 0. The van der Waals surface area contributed by atoms with Crippen molar-refractivity contribution in [1.82, 2.24) is 0 Å². The van der Waals surface area contributed by atoms with Crippen LogP contribution >= 0.6 is 11.8 Å². The zero-order valence-electron chi connectivity index (χ0n) is 7.60. The minimum atomic E-state index is 0.668. The van der Waals surface area contributed by atoms with Crippen molar-refractivity contribution in [3.8, 4) is 0 Å². The van der Waals surface area contributed by atoms with Crippen molar-refractivity contribution in [2.75, 3.05) is 5.75 Å². The van der Waals surface area contributed by atoms with Gasteiger partial charge in [0.25, 0.3) is 0 Å². The molecule has 2 aliphatic heterocycles. The lowest BCUT2D eigenvalue weighted by molar-refractivity contribution is 0.268. The average molecular weight is 170 g/mol. The van der Waals surface area contributed by atoms with Gasteiger partial charge in [-0.25, -0.2) is 0 Å². The maximum absolute atomic E-state index is 2.46. The molecule has 11 heavy (non-hydrogen) atoms. The molecule has 64 valence electrons. The van der Waals surface area contributed by atoms with Crippen LogP contribution in [0.15, 0.2) is 0 Å². The first-order valence-electron chi connectivity index (χ1n) is 4.84. The average Bonchev–Trinajstić information content (AvgIpc) is 2.21. The van der Waals surface area contributed by atoms with Gasteiger partial charge in [0.05, 0.1) is 0 Å². The van der Waals surface area contributed by atoms with E-state index in [2.05, 4.69) is 25.6 Å². The molecule has 2 heterocycles. The SMILES string of the molecule is CC1CSC2(C)CCC1CC2. The van der Waals surface area contributed by atoms with Gasteiger partial charge in [-0.2, -0.15) is 11.8 Å². The molecule has 0 radical (unpaired) electrons. The monoisotopic (exact) mass is 170 g/mol. The van der Waals surface area contributed by atoms with E-state index in [1.165, 1.54) is 31.4 Å². The maximum atomic E-state index is 2.46. The van der Waals surface area contributed by atoms with Crippen molar-refractivity contribution in [1.29, 1.82) is 0 Å². The molecule has 2 saturated heterocycles. The fourth-order valence-electron chi connectivity index (χ4n) is 2.43. The van der Waals surface area contributed by atoms with Crippen molar-refractivity contribution in [2.45, 2.75) is 44.3 Å². The quantitative estimate of drug-likeness (QED) is 0.537. The lowest BCUT2D eigenvalue weighted by Crippen LogP contribution is -2.24. The molecule has 0 amide bonds. The highest BCUT2D eigenvalue weighted by atomic mass is 32.2. The second kappa shape index (κ2) is 2.69. The molecule has 1 aliphatic carbocycles. The van der Waals surface area contributed by atoms with Gasteiger partial charge in [-0.05, 0) is 43.3 Å². The Bertz CT molecular complexity index is 145. The highest BCUT2D eigenvalue weighted by molar-refractivity contribution is 8.00. The zero-order chi connectivity index (χ0) is 7.90. The minimum Gasteiger partial charge on any atom is -0.155 e. The molecule has 0 aromatic rings. The third-order valence-corrected chi connectivity index (χ3v) is 5.38. The predicted molar refractivity (Wildman–Crippen MR) is 52.0 cm³/mol. The third kappa shape index (κ3) is 1.44. The topological polar surface area (TPSA) is 0 Å². The van der Waals surface area contributed by atoms with Crippen LogP contribution in [-0.2, 0) is 0 Å². The van der Waals surface area contributed by atoms with Crippen molar-refractivity contribution < 1.29 is 0 Å². The summed E-state index contributed by atoms with van der Waals surface area (Å²) in [6.07, 6.45) is 5.97. The molecule has 1 unspecified atom stereocenters. The number of fused-ring (bicyclic) bond motifs is 4. The molecular formula is C10H18S. The van der Waals surface area contributed by atoms with Crippen LogP contribution in [-0.4, -0.2) is 10.5 Å². The van der Waals surface area contributed by atoms with Crippen LogP contribution in [0.4, 0.5) is 0 Å². The molecular weight excluding hydrogens is 152 g/mol. The molecule has 0 spiro atoms. The summed E-state index contributed by atoms with van der Waals surface area (Å²) >= 11 is 2.24. The van der Waals surface area contributed by atoms with E-state index in [-0.39, 0.29) is 0 Å². The zero-order valence-corrected chi connectivity index (χ0v) is 8.41. The van der Waals surface area contributed by atoms with E-state index >= 15 is 0 Å². The molecule has 1 saturated carbocycles. The van der Waals surface area contributed by atoms with Gasteiger partial charge >= 0.3 is 0 Å². The summed E-state index contributed by atoms with van der Waals surface area (Å²) in [7, 11) is 0. The van der Waals surface area contributed by atoms with Gasteiger partial charge in [0.15, 0.2) is 0 Å². The minimum absolute atomic E-state index is 0.668. The van der Waals surface area contributed by atoms with Crippen LogP contribution in [0.2, 0.25) is 0 Å².